The van der Waals surface area contributed by atoms with Gasteiger partial charge in [0.05, 0.1) is 5.92 Å². The maximum atomic E-state index is 12.6. The van der Waals surface area contributed by atoms with Crippen LogP contribution in [0.1, 0.15) is 37.8 Å². The highest BCUT2D eigenvalue weighted by Gasteiger charge is 2.25. The summed E-state index contributed by atoms with van der Waals surface area (Å²) in [5, 5.41) is 3.08. The summed E-state index contributed by atoms with van der Waals surface area (Å²) in [6.45, 7) is 5.99. The summed E-state index contributed by atoms with van der Waals surface area (Å²) in [5.41, 5.74) is 1.79. The van der Waals surface area contributed by atoms with Gasteiger partial charge in [0, 0.05) is 5.54 Å². The Hall–Kier alpha value is -2.09. The molecule has 0 radical (unpaired) electrons. The van der Waals surface area contributed by atoms with Gasteiger partial charge in [0.25, 0.3) is 0 Å². The van der Waals surface area contributed by atoms with Crippen LogP contribution in [0.3, 0.4) is 0 Å². The van der Waals surface area contributed by atoms with Crippen molar-refractivity contribution in [2.45, 2.75) is 32.2 Å². The fourth-order valence-electron chi connectivity index (χ4n) is 2.23. The van der Waals surface area contributed by atoms with Crippen molar-refractivity contribution in [2.75, 3.05) is 0 Å². The first-order chi connectivity index (χ1) is 9.47. The smallest absolute Gasteiger partial charge is 0.232 e. The molecular formula is C18H21NO. The van der Waals surface area contributed by atoms with Crippen molar-refractivity contribution >= 4 is 5.91 Å². The highest BCUT2D eigenvalue weighted by molar-refractivity contribution is 5.87. The number of carbonyl (C=O) groups is 1. The van der Waals surface area contributed by atoms with Crippen LogP contribution in [0.25, 0.3) is 0 Å². The third kappa shape index (κ3) is 3.70. The van der Waals surface area contributed by atoms with Crippen LogP contribution in [-0.2, 0) is 4.79 Å². The number of amides is 1. The molecule has 0 bridgehead atoms. The van der Waals surface area contributed by atoms with Crippen LogP contribution in [0, 0.1) is 0 Å². The first-order valence-electron chi connectivity index (χ1n) is 6.89. The van der Waals surface area contributed by atoms with Crippen LogP contribution in [0.5, 0.6) is 0 Å². The standard InChI is InChI=1S/C18H21NO/c1-18(2,3)19-17(20)16(14-10-6-4-7-11-14)15-12-8-5-9-13-15/h4-13,16H,1-3H3,(H,19,20). The summed E-state index contributed by atoms with van der Waals surface area (Å²) < 4.78 is 0. The van der Waals surface area contributed by atoms with E-state index in [1.165, 1.54) is 0 Å². The van der Waals surface area contributed by atoms with Gasteiger partial charge in [-0.2, -0.15) is 0 Å². The molecule has 1 amide bonds. The number of hydrogen-bond donors (Lipinski definition) is 1. The van der Waals surface area contributed by atoms with Crippen molar-refractivity contribution in [3.05, 3.63) is 71.8 Å². The van der Waals surface area contributed by atoms with Gasteiger partial charge in [-0.05, 0) is 31.9 Å². The minimum atomic E-state index is -0.267. The first-order valence-corrected chi connectivity index (χ1v) is 6.89. The maximum Gasteiger partial charge on any atom is 0.232 e. The van der Waals surface area contributed by atoms with Crippen LogP contribution < -0.4 is 5.32 Å². The lowest BCUT2D eigenvalue weighted by Crippen LogP contribution is -2.43. The molecule has 0 fully saturated rings. The average Bonchev–Trinajstić information content (AvgIpc) is 2.39. The van der Waals surface area contributed by atoms with E-state index in [1.807, 2.05) is 81.4 Å². The van der Waals surface area contributed by atoms with E-state index in [0.29, 0.717) is 0 Å². The zero-order valence-corrected chi connectivity index (χ0v) is 12.3. The van der Waals surface area contributed by atoms with Gasteiger partial charge in [0.1, 0.15) is 0 Å². The SMILES string of the molecule is CC(C)(C)NC(=O)C(c1ccccc1)c1ccccc1. The molecule has 0 saturated carbocycles. The molecule has 0 spiro atoms. The lowest BCUT2D eigenvalue weighted by Gasteiger charge is -2.25. The number of nitrogens with one attached hydrogen (secondary N) is 1. The van der Waals surface area contributed by atoms with Crippen LogP contribution in [0.4, 0.5) is 0 Å². The molecule has 104 valence electrons. The summed E-state index contributed by atoms with van der Waals surface area (Å²) in [5.74, 6) is -0.230. The largest absolute Gasteiger partial charge is 0.351 e. The third-order valence-electron chi connectivity index (χ3n) is 3.03. The minimum Gasteiger partial charge on any atom is -0.351 e. The molecule has 1 N–H and O–H groups in total. The number of carbonyl (C=O) groups excluding carboxylic acids is 1. The molecule has 0 aliphatic heterocycles. The van der Waals surface area contributed by atoms with E-state index < -0.39 is 0 Å². The van der Waals surface area contributed by atoms with Gasteiger partial charge in [0.15, 0.2) is 0 Å². The van der Waals surface area contributed by atoms with Gasteiger partial charge in [-0.1, -0.05) is 60.7 Å². The van der Waals surface area contributed by atoms with Crippen molar-refractivity contribution < 1.29 is 4.79 Å². The summed E-state index contributed by atoms with van der Waals surface area (Å²) in [4.78, 5) is 12.6. The van der Waals surface area contributed by atoms with E-state index in [0.717, 1.165) is 11.1 Å². The van der Waals surface area contributed by atoms with Gasteiger partial charge < -0.3 is 5.32 Å². The zero-order chi connectivity index (χ0) is 14.6. The van der Waals surface area contributed by atoms with Crippen LogP contribution >= 0.6 is 0 Å². The molecule has 0 heterocycles. The molecule has 0 aromatic heterocycles. The molecule has 2 rings (SSSR count). The Kier molecular flexibility index (Phi) is 4.23. The highest BCUT2D eigenvalue weighted by atomic mass is 16.2. The van der Waals surface area contributed by atoms with Gasteiger partial charge in [-0.3, -0.25) is 4.79 Å². The normalized spacial score (nSPS) is 11.4. The van der Waals surface area contributed by atoms with E-state index >= 15 is 0 Å². The van der Waals surface area contributed by atoms with E-state index in [2.05, 4.69) is 5.32 Å². The summed E-state index contributed by atoms with van der Waals surface area (Å²) >= 11 is 0. The highest BCUT2D eigenvalue weighted by Crippen LogP contribution is 2.25. The van der Waals surface area contributed by atoms with Gasteiger partial charge in [-0.25, -0.2) is 0 Å². The molecule has 0 aliphatic rings. The van der Waals surface area contributed by atoms with Gasteiger partial charge in [0.2, 0.25) is 5.91 Å². The molecular weight excluding hydrogens is 246 g/mol. The van der Waals surface area contributed by atoms with Crippen molar-refractivity contribution in [1.82, 2.24) is 5.32 Å². The fraction of sp³-hybridized carbons (Fsp3) is 0.278. The molecule has 2 aromatic carbocycles. The second-order valence-electron chi connectivity index (χ2n) is 5.99. The molecule has 0 saturated heterocycles. The van der Waals surface area contributed by atoms with Crippen LogP contribution in [-0.4, -0.2) is 11.4 Å². The summed E-state index contributed by atoms with van der Waals surface area (Å²) in [6.07, 6.45) is 0. The predicted octanol–water partition coefficient (Wildman–Crippen LogP) is 3.73. The van der Waals surface area contributed by atoms with Gasteiger partial charge in [-0.15, -0.1) is 0 Å². The maximum absolute atomic E-state index is 12.6. The summed E-state index contributed by atoms with van der Waals surface area (Å²) in [7, 11) is 0. The second-order valence-corrected chi connectivity index (χ2v) is 5.99. The Morgan fingerprint density at radius 1 is 0.850 bits per heavy atom. The minimum absolute atomic E-state index is 0.0369. The monoisotopic (exact) mass is 267 g/mol. The Bertz CT molecular complexity index is 515. The fourth-order valence-corrected chi connectivity index (χ4v) is 2.23. The molecule has 0 aliphatic carbocycles. The van der Waals surface area contributed by atoms with E-state index in [9.17, 15) is 4.79 Å². The molecule has 0 unspecified atom stereocenters. The number of benzene rings is 2. The van der Waals surface area contributed by atoms with Crippen molar-refractivity contribution in [1.29, 1.82) is 0 Å². The van der Waals surface area contributed by atoms with E-state index in [1.54, 1.807) is 0 Å². The Morgan fingerprint density at radius 3 is 1.60 bits per heavy atom. The van der Waals surface area contributed by atoms with Crippen LogP contribution in [0.15, 0.2) is 60.7 Å². The van der Waals surface area contributed by atoms with Gasteiger partial charge >= 0.3 is 0 Å². The molecule has 2 nitrogen and oxygen atoms in total. The molecule has 2 aromatic rings. The zero-order valence-electron chi connectivity index (χ0n) is 12.3. The average molecular weight is 267 g/mol. The topological polar surface area (TPSA) is 29.1 Å². The Labute approximate surface area is 120 Å². The quantitative estimate of drug-likeness (QED) is 0.902. The number of rotatable bonds is 3. The van der Waals surface area contributed by atoms with E-state index in [4.69, 9.17) is 0 Å². The molecule has 2 heteroatoms. The van der Waals surface area contributed by atoms with Crippen LogP contribution in [0.2, 0.25) is 0 Å². The van der Waals surface area contributed by atoms with E-state index in [-0.39, 0.29) is 17.4 Å². The Morgan fingerprint density at radius 2 is 1.25 bits per heavy atom. The third-order valence-corrected chi connectivity index (χ3v) is 3.03. The second kappa shape index (κ2) is 5.91. The first kappa shape index (κ1) is 14.3. The van der Waals surface area contributed by atoms with Crippen molar-refractivity contribution in [3.8, 4) is 0 Å². The Balaban J connectivity index is 2.38. The molecule has 0 atom stereocenters. The van der Waals surface area contributed by atoms with Crippen molar-refractivity contribution in [3.63, 3.8) is 0 Å². The van der Waals surface area contributed by atoms with Crippen molar-refractivity contribution in [2.24, 2.45) is 0 Å². The lowest BCUT2D eigenvalue weighted by atomic mass is 9.89. The molecule has 20 heavy (non-hydrogen) atoms. The summed E-state index contributed by atoms with van der Waals surface area (Å²) in [6, 6.07) is 19.8. The predicted molar refractivity (Wildman–Crippen MR) is 82.6 cm³/mol. The lowest BCUT2D eigenvalue weighted by molar-refractivity contribution is -0.123. The number of hydrogen-bond acceptors (Lipinski definition) is 1.